The van der Waals surface area contributed by atoms with Crippen molar-refractivity contribution >= 4 is 29.8 Å². The molecule has 2 heterocycles. The molecule has 4 aromatic rings. The summed E-state index contributed by atoms with van der Waals surface area (Å²) in [5.74, 6) is -1.67. The third-order valence-corrected chi connectivity index (χ3v) is 8.68. The molecular formula is C42H48F2N6O7. The minimum Gasteiger partial charge on any atom is -0.443 e. The van der Waals surface area contributed by atoms with Crippen LogP contribution in [-0.4, -0.2) is 115 Å². The normalized spacial score (nSPS) is 14.7. The van der Waals surface area contributed by atoms with Crippen LogP contribution in [0.25, 0.3) is 0 Å². The lowest BCUT2D eigenvalue weighted by atomic mass is 10.1. The van der Waals surface area contributed by atoms with E-state index in [0.29, 0.717) is 24.2 Å². The Labute approximate surface area is 331 Å². The van der Waals surface area contributed by atoms with E-state index >= 15 is 0 Å². The smallest absolute Gasteiger partial charge is 0.429 e. The van der Waals surface area contributed by atoms with Crippen LogP contribution in [0.5, 0.6) is 0 Å². The van der Waals surface area contributed by atoms with E-state index in [1.54, 1.807) is 24.3 Å². The van der Waals surface area contributed by atoms with Gasteiger partial charge in [-0.2, -0.15) is 0 Å². The van der Waals surface area contributed by atoms with Crippen molar-refractivity contribution in [3.05, 3.63) is 143 Å². The van der Waals surface area contributed by atoms with Gasteiger partial charge in [-0.3, -0.25) is 14.4 Å². The summed E-state index contributed by atoms with van der Waals surface area (Å²) < 4.78 is 36.7. The number of hydrazine groups is 2. The molecule has 2 aliphatic rings. The molecule has 6 rings (SSSR count). The van der Waals surface area contributed by atoms with Gasteiger partial charge in [-0.1, -0.05) is 84.9 Å². The number of carbonyl (C=O) groups is 5. The number of nitrogens with zero attached hydrogens (tertiary/aromatic N) is 5. The first-order chi connectivity index (χ1) is 27.4. The molecule has 2 fully saturated rings. The minimum atomic E-state index is -0.757. The number of ether oxygens (including phenoxy) is 2. The van der Waals surface area contributed by atoms with E-state index in [1.165, 1.54) is 46.4 Å². The number of hydrogen-bond acceptors (Lipinski definition) is 9. The van der Waals surface area contributed by atoms with Gasteiger partial charge in [-0.15, -0.1) is 0 Å². The van der Waals surface area contributed by atoms with Gasteiger partial charge < -0.3 is 19.7 Å². The first-order valence-electron chi connectivity index (χ1n) is 18.2. The molecule has 4 amide bonds. The maximum atomic E-state index is 13.1. The van der Waals surface area contributed by atoms with Gasteiger partial charge in [0.25, 0.3) is 0 Å². The number of Topliss-reactive ketones (excluding diaryl/α,β-unsaturated/α-hetero) is 1. The molecule has 0 bridgehead atoms. The fourth-order valence-electron chi connectivity index (χ4n) is 5.65. The summed E-state index contributed by atoms with van der Waals surface area (Å²) >= 11 is 0. The number of halogens is 2. The second kappa shape index (κ2) is 21.8. The number of likely N-dealkylation sites (N-methyl/N-ethyl adjacent to an activating group) is 1. The summed E-state index contributed by atoms with van der Waals surface area (Å²) in [4.78, 5) is 63.9. The van der Waals surface area contributed by atoms with E-state index in [9.17, 15) is 32.8 Å². The van der Waals surface area contributed by atoms with Crippen LogP contribution in [-0.2, 0) is 49.9 Å². The summed E-state index contributed by atoms with van der Waals surface area (Å²) in [5.41, 5.74) is 2.96. The molecule has 1 N–H and O–H groups in total. The number of rotatable bonds is 9. The second-order valence-corrected chi connectivity index (χ2v) is 13.4. The monoisotopic (exact) mass is 786 g/mol. The van der Waals surface area contributed by atoms with Crippen LogP contribution in [0.4, 0.5) is 18.4 Å². The lowest BCUT2D eigenvalue weighted by Gasteiger charge is -2.27. The zero-order valence-electron chi connectivity index (χ0n) is 32.5. The van der Waals surface area contributed by atoms with Gasteiger partial charge >= 0.3 is 12.2 Å². The Morgan fingerprint density at radius 3 is 1.42 bits per heavy atom. The van der Waals surface area contributed by atoms with Gasteiger partial charge in [0.05, 0.1) is 25.9 Å². The van der Waals surface area contributed by atoms with E-state index in [4.69, 9.17) is 9.47 Å². The molecule has 0 radical (unpaired) electrons. The number of benzene rings is 4. The fourth-order valence-corrected chi connectivity index (χ4v) is 5.65. The van der Waals surface area contributed by atoms with Gasteiger partial charge in [0.2, 0.25) is 11.8 Å². The SMILES string of the molecule is CN(C)C1CN(C(=O)Cc2ccc(F)cc2)N(C(=O)OCc2ccccc2)C1.CNC.O=C1CN(C(=O)Cc2ccc(F)cc2)N(C(=O)OCc2ccccc2)C1. The number of amides is 4. The molecule has 4 aromatic carbocycles. The number of ketones is 1. The third-order valence-electron chi connectivity index (χ3n) is 8.68. The predicted octanol–water partition coefficient (Wildman–Crippen LogP) is 4.86. The van der Waals surface area contributed by atoms with Crippen LogP contribution in [0.1, 0.15) is 22.3 Å². The van der Waals surface area contributed by atoms with E-state index in [0.717, 1.165) is 21.1 Å². The molecule has 2 saturated heterocycles. The molecule has 2 aliphatic heterocycles. The molecule has 1 atom stereocenters. The van der Waals surface area contributed by atoms with Crippen LogP contribution < -0.4 is 5.32 Å². The Kier molecular flexibility index (Phi) is 16.6. The summed E-state index contributed by atoms with van der Waals surface area (Å²) in [6.07, 6.45) is -1.27. The van der Waals surface area contributed by atoms with Crippen molar-refractivity contribution in [1.29, 1.82) is 0 Å². The Balaban J connectivity index is 0.000000237. The number of carbonyl (C=O) groups excluding carboxylic acids is 5. The van der Waals surface area contributed by atoms with E-state index in [-0.39, 0.29) is 62.7 Å². The lowest BCUT2D eigenvalue weighted by Crippen LogP contribution is -2.45. The zero-order valence-corrected chi connectivity index (χ0v) is 32.5. The van der Waals surface area contributed by atoms with Gasteiger partial charge in [0, 0.05) is 6.04 Å². The third kappa shape index (κ3) is 13.5. The molecule has 1 unspecified atom stereocenters. The van der Waals surface area contributed by atoms with Gasteiger partial charge in [0.15, 0.2) is 5.78 Å². The van der Waals surface area contributed by atoms with Crippen molar-refractivity contribution in [3.8, 4) is 0 Å². The summed E-state index contributed by atoms with van der Waals surface area (Å²) in [7, 11) is 7.57. The molecule has 13 nitrogen and oxygen atoms in total. The number of nitrogens with one attached hydrogen (secondary N) is 1. The molecular weight excluding hydrogens is 738 g/mol. The highest BCUT2D eigenvalue weighted by Crippen LogP contribution is 2.19. The summed E-state index contributed by atoms with van der Waals surface area (Å²) in [6, 6.07) is 29.8. The highest BCUT2D eigenvalue weighted by molar-refractivity contribution is 5.94. The largest absolute Gasteiger partial charge is 0.443 e. The molecule has 0 spiro atoms. The summed E-state index contributed by atoms with van der Waals surface area (Å²) in [5, 5.41) is 7.64. The highest BCUT2D eigenvalue weighted by atomic mass is 19.1. The summed E-state index contributed by atoms with van der Waals surface area (Å²) in [6.45, 7) is 0.569. The quantitative estimate of drug-likeness (QED) is 0.253. The van der Waals surface area contributed by atoms with Crippen LogP contribution >= 0.6 is 0 Å². The predicted molar refractivity (Wildman–Crippen MR) is 208 cm³/mol. The molecule has 15 heteroatoms. The standard InChI is InChI=1S/C21H24FN3O3.C19H17FN2O4.C2H7N/c1-23(2)19-13-24(20(26)12-16-8-10-18(22)11-9-16)25(14-19)21(27)28-15-17-6-4-3-5-7-17;20-16-8-6-14(7-9-16)10-18(24)21-11-17(23)12-22(21)19(25)26-13-15-4-2-1-3-5-15;1-3-2/h3-11,19H,12-15H2,1-2H3;1-9H,10-13H2;3H,1-2H3. The van der Waals surface area contributed by atoms with Gasteiger partial charge in [-0.25, -0.2) is 38.4 Å². The minimum absolute atomic E-state index is 0.0152. The topological polar surface area (TPSA) is 132 Å². The maximum Gasteiger partial charge on any atom is 0.429 e. The molecule has 0 aliphatic carbocycles. The van der Waals surface area contributed by atoms with Crippen molar-refractivity contribution < 1.29 is 42.2 Å². The Hall–Kier alpha value is -6.19. The first-order valence-corrected chi connectivity index (χ1v) is 18.2. The average Bonchev–Trinajstić information content (AvgIpc) is 3.84. The van der Waals surface area contributed by atoms with Crippen molar-refractivity contribution in [1.82, 2.24) is 30.3 Å². The lowest BCUT2D eigenvalue weighted by molar-refractivity contribution is -0.141. The van der Waals surface area contributed by atoms with Crippen molar-refractivity contribution in [2.24, 2.45) is 0 Å². The first kappa shape index (κ1) is 43.5. The molecule has 57 heavy (non-hydrogen) atoms. The van der Waals surface area contributed by atoms with Crippen LogP contribution in [0.3, 0.4) is 0 Å². The molecule has 302 valence electrons. The Morgan fingerprint density at radius 2 is 0.982 bits per heavy atom. The van der Waals surface area contributed by atoms with Crippen molar-refractivity contribution in [2.75, 3.05) is 54.4 Å². The molecule has 0 aromatic heterocycles. The second-order valence-electron chi connectivity index (χ2n) is 13.4. The van der Waals surface area contributed by atoms with E-state index in [1.807, 2.05) is 81.6 Å². The Morgan fingerprint density at radius 1 is 0.596 bits per heavy atom. The zero-order chi connectivity index (χ0) is 41.3. The van der Waals surface area contributed by atoms with Gasteiger partial charge in [-0.05, 0) is 74.7 Å². The van der Waals surface area contributed by atoms with E-state index < -0.39 is 23.9 Å². The van der Waals surface area contributed by atoms with Crippen molar-refractivity contribution in [3.63, 3.8) is 0 Å². The Bertz CT molecular complexity index is 1920. The van der Waals surface area contributed by atoms with Crippen LogP contribution in [0.2, 0.25) is 0 Å². The fraction of sp³-hybridized carbons (Fsp3) is 0.310. The number of hydrogen-bond donors (Lipinski definition) is 1. The van der Waals surface area contributed by atoms with E-state index in [2.05, 4.69) is 5.32 Å². The highest BCUT2D eigenvalue weighted by Gasteiger charge is 2.39. The average molecular weight is 787 g/mol. The van der Waals surface area contributed by atoms with Crippen molar-refractivity contribution in [2.45, 2.75) is 32.1 Å². The van der Waals surface area contributed by atoms with Gasteiger partial charge in [0.1, 0.15) is 37.9 Å². The maximum absolute atomic E-state index is 13.1. The molecule has 0 saturated carbocycles. The van der Waals surface area contributed by atoms with Crippen LogP contribution in [0.15, 0.2) is 109 Å². The van der Waals surface area contributed by atoms with Crippen LogP contribution in [0, 0.1) is 11.6 Å².